The molecule has 0 saturated carbocycles. The fraction of sp³-hybridized carbons (Fsp3) is 0. The Labute approximate surface area is 71.2 Å². The Morgan fingerprint density at radius 3 is 2.91 bits per heavy atom. The number of nitrogens with two attached hydrogens (primary N) is 1. The van der Waals surface area contributed by atoms with Gasteiger partial charge in [0.1, 0.15) is 10.4 Å². The summed E-state index contributed by atoms with van der Waals surface area (Å²) in [6.45, 7) is 0. The van der Waals surface area contributed by atoms with Crippen molar-refractivity contribution in [1.82, 2.24) is 14.4 Å². The molecule has 56 valence electrons. The highest BCUT2D eigenvalue weighted by molar-refractivity contribution is 9.10. The van der Waals surface area contributed by atoms with Gasteiger partial charge in [-0.3, -0.25) is 9.38 Å². The minimum absolute atomic E-state index is 0.606. The average Bonchev–Trinajstić information content (AvgIpc) is 2.34. The maximum absolute atomic E-state index is 5.62. The lowest BCUT2D eigenvalue weighted by molar-refractivity contribution is 1.10. The number of nitrogens with zero attached hydrogens (tertiary/aromatic N) is 3. The van der Waals surface area contributed by atoms with E-state index < -0.39 is 0 Å². The van der Waals surface area contributed by atoms with Crippen LogP contribution >= 0.6 is 15.9 Å². The first-order valence-electron chi connectivity index (χ1n) is 3.01. The zero-order valence-electron chi connectivity index (χ0n) is 5.53. The number of fused-ring (bicyclic) bond motifs is 1. The van der Waals surface area contributed by atoms with E-state index >= 15 is 0 Å². The van der Waals surface area contributed by atoms with Gasteiger partial charge >= 0.3 is 0 Å². The number of imidazole rings is 1. The van der Waals surface area contributed by atoms with Gasteiger partial charge in [-0.1, -0.05) is 0 Å². The molecule has 0 fully saturated rings. The summed E-state index contributed by atoms with van der Waals surface area (Å²) in [6, 6.07) is 0. The molecule has 0 aromatic carbocycles. The molecule has 2 N–H and O–H groups in total. The van der Waals surface area contributed by atoms with Crippen molar-refractivity contribution in [3.8, 4) is 0 Å². The van der Waals surface area contributed by atoms with Crippen LogP contribution < -0.4 is 5.73 Å². The Hall–Kier alpha value is -1.10. The summed E-state index contributed by atoms with van der Waals surface area (Å²) in [5, 5.41) is 0. The van der Waals surface area contributed by atoms with Gasteiger partial charge in [0, 0.05) is 0 Å². The second-order valence-corrected chi connectivity index (χ2v) is 2.92. The highest BCUT2D eigenvalue weighted by Gasteiger charge is 2.01. The van der Waals surface area contributed by atoms with Gasteiger partial charge in [0.15, 0.2) is 5.65 Å². The quantitative estimate of drug-likeness (QED) is 0.712. The van der Waals surface area contributed by atoms with Crippen molar-refractivity contribution >= 4 is 27.4 Å². The van der Waals surface area contributed by atoms with Crippen molar-refractivity contribution in [2.45, 2.75) is 0 Å². The van der Waals surface area contributed by atoms with E-state index in [0.717, 1.165) is 10.3 Å². The number of hydrogen-bond donors (Lipinski definition) is 1. The summed E-state index contributed by atoms with van der Waals surface area (Å²) in [5.41, 5.74) is 6.37. The zero-order chi connectivity index (χ0) is 7.84. The fourth-order valence-corrected chi connectivity index (χ4v) is 1.43. The Balaban J connectivity index is 2.96. The van der Waals surface area contributed by atoms with Crippen LogP contribution in [0.4, 0.5) is 5.82 Å². The number of hydrogen-bond acceptors (Lipinski definition) is 3. The van der Waals surface area contributed by atoms with Crippen LogP contribution in [0.5, 0.6) is 0 Å². The third-order valence-electron chi connectivity index (χ3n) is 1.40. The highest BCUT2D eigenvalue weighted by atomic mass is 79.9. The molecular weight excluding hydrogens is 208 g/mol. The van der Waals surface area contributed by atoms with Crippen molar-refractivity contribution in [2.24, 2.45) is 0 Å². The van der Waals surface area contributed by atoms with Gasteiger partial charge in [-0.25, -0.2) is 4.98 Å². The van der Waals surface area contributed by atoms with E-state index in [1.165, 1.54) is 0 Å². The van der Waals surface area contributed by atoms with Crippen LogP contribution in [0.15, 0.2) is 23.2 Å². The van der Waals surface area contributed by atoms with Crippen molar-refractivity contribution in [1.29, 1.82) is 0 Å². The molecule has 2 rings (SSSR count). The van der Waals surface area contributed by atoms with Crippen LogP contribution in [0.1, 0.15) is 0 Å². The van der Waals surface area contributed by atoms with E-state index in [4.69, 9.17) is 5.73 Å². The van der Waals surface area contributed by atoms with Gasteiger partial charge in [0.25, 0.3) is 0 Å². The third kappa shape index (κ3) is 0.883. The van der Waals surface area contributed by atoms with Gasteiger partial charge in [0.05, 0.1) is 18.6 Å². The molecule has 0 aliphatic carbocycles. The van der Waals surface area contributed by atoms with Gasteiger partial charge in [0.2, 0.25) is 0 Å². The maximum atomic E-state index is 5.62. The fourth-order valence-electron chi connectivity index (χ4n) is 0.927. The van der Waals surface area contributed by atoms with Crippen molar-refractivity contribution in [3.63, 3.8) is 0 Å². The number of aromatic nitrogens is 3. The lowest BCUT2D eigenvalue weighted by atomic mass is 10.7. The highest BCUT2D eigenvalue weighted by Crippen LogP contribution is 2.14. The summed E-state index contributed by atoms with van der Waals surface area (Å²) >= 11 is 3.31. The molecule has 2 aromatic heterocycles. The molecule has 0 bridgehead atoms. The first kappa shape index (κ1) is 6.60. The van der Waals surface area contributed by atoms with E-state index in [9.17, 15) is 0 Å². The Bertz CT molecular complexity index is 394. The summed E-state index contributed by atoms with van der Waals surface area (Å²) in [7, 11) is 0. The molecule has 0 aliphatic rings. The van der Waals surface area contributed by atoms with Gasteiger partial charge < -0.3 is 5.73 Å². The van der Waals surface area contributed by atoms with Crippen molar-refractivity contribution < 1.29 is 0 Å². The molecule has 0 spiro atoms. The molecule has 0 saturated heterocycles. The predicted octanol–water partition coefficient (Wildman–Crippen LogP) is 1.07. The molecule has 11 heavy (non-hydrogen) atoms. The van der Waals surface area contributed by atoms with Crippen LogP contribution in [-0.4, -0.2) is 14.4 Å². The zero-order valence-corrected chi connectivity index (χ0v) is 7.12. The first-order valence-corrected chi connectivity index (χ1v) is 3.81. The minimum atomic E-state index is 0.606. The largest absolute Gasteiger partial charge is 0.383 e. The van der Waals surface area contributed by atoms with Gasteiger partial charge in [-0.15, -0.1) is 0 Å². The lowest BCUT2D eigenvalue weighted by Gasteiger charge is -1.96. The molecule has 0 unspecified atom stereocenters. The summed E-state index contributed by atoms with van der Waals surface area (Å²) in [6.07, 6.45) is 4.92. The number of anilines is 1. The normalized spacial score (nSPS) is 10.6. The molecule has 4 nitrogen and oxygen atoms in total. The second kappa shape index (κ2) is 2.20. The predicted molar refractivity (Wildman–Crippen MR) is 45.1 cm³/mol. The summed E-state index contributed by atoms with van der Waals surface area (Å²) in [4.78, 5) is 7.96. The molecule has 2 heterocycles. The lowest BCUT2D eigenvalue weighted by Crippen LogP contribution is -1.94. The van der Waals surface area contributed by atoms with Crippen LogP contribution in [0.3, 0.4) is 0 Å². The van der Waals surface area contributed by atoms with E-state index in [2.05, 4.69) is 25.9 Å². The van der Waals surface area contributed by atoms with Gasteiger partial charge in [-0.2, -0.15) is 0 Å². The Morgan fingerprint density at radius 1 is 1.36 bits per heavy atom. The SMILES string of the molecule is Nc1cnc2cncc(Br)n12. The molecule has 2 aromatic rings. The monoisotopic (exact) mass is 212 g/mol. The average molecular weight is 213 g/mol. The topological polar surface area (TPSA) is 56.2 Å². The Morgan fingerprint density at radius 2 is 2.18 bits per heavy atom. The first-order chi connectivity index (χ1) is 5.29. The van der Waals surface area contributed by atoms with Crippen LogP contribution in [0.25, 0.3) is 5.65 Å². The molecule has 0 aliphatic heterocycles. The summed E-state index contributed by atoms with van der Waals surface area (Å²) < 4.78 is 2.58. The maximum Gasteiger partial charge on any atom is 0.157 e. The standard InChI is InChI=1S/C6H5BrN4/c7-4-1-9-3-6-10-2-5(8)11(4)6/h1-3H,8H2. The molecule has 0 radical (unpaired) electrons. The summed E-state index contributed by atoms with van der Waals surface area (Å²) in [5.74, 6) is 0.606. The minimum Gasteiger partial charge on any atom is -0.383 e. The van der Waals surface area contributed by atoms with Crippen molar-refractivity contribution in [2.75, 3.05) is 5.73 Å². The second-order valence-electron chi connectivity index (χ2n) is 2.11. The van der Waals surface area contributed by atoms with Crippen LogP contribution in [0, 0.1) is 0 Å². The third-order valence-corrected chi connectivity index (χ3v) is 1.96. The molecular formula is C6H5BrN4. The Kier molecular flexibility index (Phi) is 1.32. The number of halogens is 1. The van der Waals surface area contributed by atoms with Crippen molar-refractivity contribution in [3.05, 3.63) is 23.2 Å². The van der Waals surface area contributed by atoms with E-state index in [1.54, 1.807) is 23.0 Å². The van der Waals surface area contributed by atoms with Crippen LogP contribution in [0.2, 0.25) is 0 Å². The van der Waals surface area contributed by atoms with E-state index in [0.29, 0.717) is 5.82 Å². The van der Waals surface area contributed by atoms with Gasteiger partial charge in [-0.05, 0) is 15.9 Å². The number of rotatable bonds is 0. The van der Waals surface area contributed by atoms with E-state index in [1.807, 2.05) is 0 Å². The van der Waals surface area contributed by atoms with E-state index in [-0.39, 0.29) is 0 Å². The molecule has 0 amide bonds. The smallest absolute Gasteiger partial charge is 0.157 e. The molecule has 5 heteroatoms. The van der Waals surface area contributed by atoms with Crippen LogP contribution in [-0.2, 0) is 0 Å². The number of nitrogen functional groups attached to an aromatic ring is 1. The molecule has 0 atom stereocenters.